The number of hydrogen-bond donors (Lipinski definition) is 5. The molecule has 2 saturated heterocycles. The number of aliphatic hydroxyl groups excluding tert-OH is 1. The van der Waals surface area contributed by atoms with E-state index in [4.69, 9.17) is 10.8 Å². The minimum atomic E-state index is -1.46. The summed E-state index contributed by atoms with van der Waals surface area (Å²) < 4.78 is 0. The summed E-state index contributed by atoms with van der Waals surface area (Å²) in [5, 5.41) is 30.4. The van der Waals surface area contributed by atoms with E-state index in [-0.39, 0.29) is 19.5 Å². The van der Waals surface area contributed by atoms with E-state index >= 15 is 0 Å². The molecule has 2 rings (SSSR count). The Kier molecular flexibility index (Phi) is 7.73. The number of nitrogens with one attached hydrogen (secondary N) is 1. The summed E-state index contributed by atoms with van der Waals surface area (Å²) in [5.74, 6) is -4.65. The van der Waals surface area contributed by atoms with Crippen molar-refractivity contribution in [1.29, 1.82) is 0 Å². The third-order valence-electron chi connectivity index (χ3n) is 5.46. The third kappa shape index (κ3) is 5.25. The Hall–Kier alpha value is -2.73. The Morgan fingerprint density at radius 3 is 2.03 bits per heavy atom. The molecule has 0 spiro atoms. The Labute approximate surface area is 173 Å². The maximum atomic E-state index is 12.8. The van der Waals surface area contributed by atoms with E-state index in [1.165, 1.54) is 11.8 Å². The van der Waals surface area contributed by atoms with Crippen LogP contribution < -0.4 is 11.1 Å². The van der Waals surface area contributed by atoms with Crippen molar-refractivity contribution in [1.82, 2.24) is 15.1 Å². The smallest absolute Gasteiger partial charge is 0.326 e. The van der Waals surface area contributed by atoms with Crippen LogP contribution in [-0.2, 0) is 24.0 Å². The van der Waals surface area contributed by atoms with Gasteiger partial charge in [0.2, 0.25) is 17.7 Å². The predicted molar refractivity (Wildman–Crippen MR) is 101 cm³/mol. The average molecular weight is 428 g/mol. The molecule has 0 aromatic rings. The molecule has 2 fully saturated rings. The first-order valence-electron chi connectivity index (χ1n) is 9.84. The van der Waals surface area contributed by atoms with Crippen molar-refractivity contribution < 1.29 is 39.3 Å². The van der Waals surface area contributed by atoms with Crippen LogP contribution in [-0.4, -0.2) is 98.1 Å². The number of nitrogens with zero attached hydrogens (tertiary/aromatic N) is 2. The fourth-order valence-electron chi connectivity index (χ4n) is 3.83. The second kappa shape index (κ2) is 9.85. The molecule has 0 radical (unpaired) electrons. The van der Waals surface area contributed by atoms with E-state index in [0.717, 1.165) is 4.90 Å². The van der Waals surface area contributed by atoms with E-state index in [9.17, 15) is 34.2 Å². The monoisotopic (exact) mass is 428 g/mol. The topological polar surface area (TPSA) is 191 Å². The summed E-state index contributed by atoms with van der Waals surface area (Å²) in [7, 11) is 0. The molecule has 0 aromatic carbocycles. The van der Waals surface area contributed by atoms with Crippen LogP contribution in [0.2, 0.25) is 0 Å². The predicted octanol–water partition coefficient (Wildman–Crippen LogP) is -2.28. The number of carboxylic acid groups (broad SMARTS) is 2. The molecule has 6 N–H and O–H groups in total. The first-order chi connectivity index (χ1) is 14.0. The SMILES string of the molecule is CC(O)C(N)C(=O)N1CCCC1C(=O)NC(CC(=O)O)C(=O)N1CCCC1C(=O)O. The highest BCUT2D eigenvalue weighted by Gasteiger charge is 2.41. The zero-order valence-corrected chi connectivity index (χ0v) is 16.7. The molecular formula is C18H28N4O8. The molecule has 0 aliphatic carbocycles. The zero-order chi connectivity index (χ0) is 22.6. The molecule has 5 atom stereocenters. The van der Waals surface area contributed by atoms with E-state index < -0.39 is 66.4 Å². The van der Waals surface area contributed by atoms with Crippen molar-refractivity contribution >= 4 is 29.7 Å². The molecule has 2 heterocycles. The van der Waals surface area contributed by atoms with Crippen molar-refractivity contribution in [3.8, 4) is 0 Å². The maximum absolute atomic E-state index is 12.8. The number of carbonyl (C=O) groups is 5. The zero-order valence-electron chi connectivity index (χ0n) is 16.7. The van der Waals surface area contributed by atoms with E-state index in [0.29, 0.717) is 19.3 Å². The summed E-state index contributed by atoms with van der Waals surface area (Å²) in [6.45, 7) is 1.74. The van der Waals surface area contributed by atoms with Gasteiger partial charge in [-0.25, -0.2) is 4.79 Å². The van der Waals surface area contributed by atoms with Crippen molar-refractivity contribution in [2.75, 3.05) is 13.1 Å². The van der Waals surface area contributed by atoms with E-state index in [1.807, 2.05) is 0 Å². The van der Waals surface area contributed by atoms with E-state index in [2.05, 4.69) is 5.32 Å². The average Bonchev–Trinajstić information content (AvgIpc) is 3.34. The standard InChI is InChI=1S/C18H28N4O8/c1-9(23)14(19)17(28)21-6-2-4-11(21)15(26)20-10(8-13(24)25)16(27)22-7-3-5-12(22)18(29)30/h9-12,14,23H,2-8,19H2,1H3,(H,20,26)(H,24,25)(H,29,30). The molecule has 0 aromatic heterocycles. The van der Waals surface area contributed by atoms with Gasteiger partial charge in [-0.05, 0) is 32.6 Å². The number of aliphatic carboxylic acids is 2. The van der Waals surface area contributed by atoms with Crippen molar-refractivity contribution in [3.63, 3.8) is 0 Å². The van der Waals surface area contributed by atoms with Gasteiger partial charge in [0.15, 0.2) is 0 Å². The highest BCUT2D eigenvalue weighted by atomic mass is 16.4. The van der Waals surface area contributed by atoms with Crippen LogP contribution in [0.15, 0.2) is 0 Å². The minimum Gasteiger partial charge on any atom is -0.481 e. The maximum Gasteiger partial charge on any atom is 0.326 e. The number of carbonyl (C=O) groups excluding carboxylic acids is 3. The first-order valence-corrected chi connectivity index (χ1v) is 9.84. The van der Waals surface area contributed by atoms with Crippen LogP contribution in [0.1, 0.15) is 39.0 Å². The lowest BCUT2D eigenvalue weighted by atomic mass is 10.1. The van der Waals surface area contributed by atoms with Crippen molar-refractivity contribution in [3.05, 3.63) is 0 Å². The molecule has 2 aliphatic rings. The third-order valence-corrected chi connectivity index (χ3v) is 5.46. The summed E-state index contributed by atoms with van der Waals surface area (Å²) in [4.78, 5) is 62.9. The van der Waals surface area contributed by atoms with Gasteiger partial charge in [-0.1, -0.05) is 0 Å². The van der Waals surface area contributed by atoms with Gasteiger partial charge < -0.3 is 36.2 Å². The second-order valence-electron chi connectivity index (χ2n) is 7.64. The highest BCUT2D eigenvalue weighted by Crippen LogP contribution is 2.21. The van der Waals surface area contributed by atoms with Gasteiger partial charge in [-0.3, -0.25) is 19.2 Å². The van der Waals surface area contributed by atoms with Crippen LogP contribution in [0.4, 0.5) is 0 Å². The Bertz CT molecular complexity index is 712. The van der Waals surface area contributed by atoms with Crippen molar-refractivity contribution in [2.45, 2.75) is 69.3 Å². The van der Waals surface area contributed by atoms with Gasteiger partial charge in [-0.15, -0.1) is 0 Å². The van der Waals surface area contributed by atoms with Crippen molar-refractivity contribution in [2.24, 2.45) is 5.73 Å². The lowest BCUT2D eigenvalue weighted by Crippen LogP contribution is -2.58. The number of likely N-dealkylation sites (tertiary alicyclic amines) is 2. The number of hydrogen-bond acceptors (Lipinski definition) is 7. The number of aliphatic hydroxyl groups is 1. The molecule has 0 saturated carbocycles. The Morgan fingerprint density at radius 1 is 1.00 bits per heavy atom. The normalized spacial score (nSPS) is 24.2. The molecule has 12 nitrogen and oxygen atoms in total. The summed E-state index contributed by atoms with van der Waals surface area (Å²) in [6.07, 6.45) is -0.344. The van der Waals surface area contributed by atoms with Gasteiger partial charge in [0.05, 0.1) is 12.5 Å². The van der Waals surface area contributed by atoms with Crippen LogP contribution in [0.3, 0.4) is 0 Å². The Balaban J connectivity index is 2.14. The molecule has 2 aliphatic heterocycles. The van der Waals surface area contributed by atoms with Crippen LogP contribution in [0.25, 0.3) is 0 Å². The molecule has 30 heavy (non-hydrogen) atoms. The van der Waals surface area contributed by atoms with Crippen LogP contribution >= 0.6 is 0 Å². The molecule has 12 heteroatoms. The number of carboxylic acids is 2. The fourth-order valence-corrected chi connectivity index (χ4v) is 3.83. The quantitative estimate of drug-likeness (QED) is 0.283. The number of amides is 3. The van der Waals surface area contributed by atoms with Gasteiger partial charge >= 0.3 is 11.9 Å². The van der Waals surface area contributed by atoms with Crippen LogP contribution in [0, 0.1) is 0 Å². The largest absolute Gasteiger partial charge is 0.481 e. The summed E-state index contributed by atoms with van der Waals surface area (Å²) >= 11 is 0. The van der Waals surface area contributed by atoms with E-state index in [1.54, 1.807) is 0 Å². The van der Waals surface area contributed by atoms with Gasteiger partial charge in [-0.2, -0.15) is 0 Å². The molecule has 5 unspecified atom stereocenters. The molecule has 168 valence electrons. The Morgan fingerprint density at radius 2 is 1.53 bits per heavy atom. The molecule has 3 amide bonds. The van der Waals surface area contributed by atoms with Gasteiger partial charge in [0.25, 0.3) is 0 Å². The van der Waals surface area contributed by atoms with Gasteiger partial charge in [0.1, 0.15) is 24.2 Å². The second-order valence-corrected chi connectivity index (χ2v) is 7.64. The number of nitrogens with two attached hydrogens (primary N) is 1. The van der Waals surface area contributed by atoms with Crippen LogP contribution in [0.5, 0.6) is 0 Å². The van der Waals surface area contributed by atoms with Gasteiger partial charge in [0, 0.05) is 13.1 Å². The molecule has 0 bridgehead atoms. The summed E-state index contributed by atoms with van der Waals surface area (Å²) in [6, 6.07) is -4.70. The first kappa shape index (κ1) is 23.5. The highest BCUT2D eigenvalue weighted by molar-refractivity contribution is 5.96. The lowest BCUT2D eigenvalue weighted by Gasteiger charge is -2.30. The lowest BCUT2D eigenvalue weighted by molar-refractivity contribution is -0.151. The minimum absolute atomic E-state index is 0.152. The summed E-state index contributed by atoms with van der Waals surface area (Å²) in [5.41, 5.74) is 5.68. The fraction of sp³-hybridized carbons (Fsp3) is 0.722. The molecular weight excluding hydrogens is 400 g/mol. The number of rotatable bonds is 8.